The normalized spacial score (nSPS) is 19.0. The molecule has 38 nitrogen and oxygen atoms in total. The largest absolute Gasteiger partial charge is 0.480 e. The number of amides is 13. The van der Waals surface area contributed by atoms with Gasteiger partial charge in [-0.25, -0.2) is 9.78 Å². The first-order chi connectivity index (χ1) is 51.6. The number of carbonyl (C=O) groups excluding carboxylic acids is 13. The summed E-state index contributed by atoms with van der Waals surface area (Å²) in [5, 5.41) is 47.1. The predicted octanol–water partition coefficient (Wildman–Crippen LogP) is -5.45. The topological polar surface area (TPSA) is 593 Å². The Morgan fingerprint density at radius 2 is 1.07 bits per heavy atom. The molecule has 0 saturated carbocycles. The second-order valence-corrected chi connectivity index (χ2v) is 28.6. The number of aliphatic carboxylic acids is 1. The van der Waals surface area contributed by atoms with Crippen molar-refractivity contribution in [3.05, 3.63) is 54.1 Å². The summed E-state index contributed by atoms with van der Waals surface area (Å²) in [5.41, 5.74) is 29.0. The van der Waals surface area contributed by atoms with Crippen molar-refractivity contribution in [1.82, 2.24) is 77.8 Å². The van der Waals surface area contributed by atoms with E-state index in [0.29, 0.717) is 49.1 Å². The van der Waals surface area contributed by atoms with E-state index in [2.05, 4.69) is 73.1 Å². The Bertz CT molecular complexity index is 3470. The number of thioether (sulfide) groups is 1. The van der Waals surface area contributed by atoms with Gasteiger partial charge in [-0.1, -0.05) is 44.2 Å². The lowest BCUT2D eigenvalue weighted by Crippen LogP contribution is -2.61. The third kappa shape index (κ3) is 27.2. The summed E-state index contributed by atoms with van der Waals surface area (Å²) in [4.78, 5) is 213. The van der Waals surface area contributed by atoms with Crippen LogP contribution in [0.25, 0.3) is 0 Å². The van der Waals surface area contributed by atoms with Gasteiger partial charge >= 0.3 is 5.97 Å². The number of aliphatic hydroxyl groups excluding tert-OH is 1. The highest BCUT2D eigenvalue weighted by Crippen LogP contribution is 2.25. The number of rotatable bonds is 44. The van der Waals surface area contributed by atoms with Crippen molar-refractivity contribution >= 4 is 106 Å². The van der Waals surface area contributed by atoms with E-state index in [-0.39, 0.29) is 153 Å². The number of carboxylic acids is 1. The molecule has 4 aliphatic rings. The standard InChI is InChI=1S/C69H108N22O16S/c1-39(2)32-47(85-57(96)43(17-9-26-76-68(71)72)82-63(102)52-20-12-29-90(52)65(104)45(18-10-27-77-69(73)74)83-58(97)44-22-23-54(93)80-44)59(98)88-50(37-92)61(100)86-48(34-41-35-75-38-79-41)60(99)81-42(16-7-8-25-70)56(95)78-36-55(94)89-28-11-19-51(89)62(101)84-46(24-31-108-3)66(105)91-30-13-21-53(91)64(103)87-49(67(106)107)33-40-14-5-4-6-15-40/h4-6,14-15,35,38-39,42-53,92H,7-13,16-34,36-37,70H2,1-3H3,(H,75,79)(H,78,95)(H,80,93)(H,81,99)(H,82,102)(H,83,97)(H,84,101)(H,85,96)(H,86,100)(H,87,103)(H,88,98)(H,106,107)(H4,71,72,76)(H4,73,74,77)/t42-,43-,44?,45-,46-,47-,48-,49-,50-,51-,52-,53?/m0/s1. The van der Waals surface area contributed by atoms with Crippen LogP contribution in [0.2, 0.25) is 0 Å². The number of imidazole rings is 1. The lowest BCUT2D eigenvalue weighted by atomic mass is 10.0. The van der Waals surface area contributed by atoms with E-state index in [0.717, 1.165) is 0 Å². The molecule has 0 aliphatic carbocycles. The Kier molecular flexibility index (Phi) is 35.5. The quantitative estimate of drug-likeness (QED) is 0.0167. The van der Waals surface area contributed by atoms with Gasteiger partial charge in [0.1, 0.15) is 72.5 Å². The van der Waals surface area contributed by atoms with Gasteiger partial charge < -0.3 is 112 Å². The lowest BCUT2D eigenvalue weighted by molar-refractivity contribution is -0.145. The van der Waals surface area contributed by atoms with Crippen LogP contribution in [0.5, 0.6) is 0 Å². The molecule has 0 radical (unpaired) electrons. The Hall–Kier alpha value is -10.2. The number of likely N-dealkylation sites (tertiary alicyclic amines) is 3. The maximum atomic E-state index is 14.5. The molecule has 0 spiro atoms. The Morgan fingerprint density at radius 1 is 0.583 bits per heavy atom. The number of aliphatic hydroxyl groups is 1. The maximum Gasteiger partial charge on any atom is 0.326 e. The molecular formula is C69H108N22O16S. The summed E-state index contributed by atoms with van der Waals surface area (Å²) in [5.74, 6) is -10.9. The molecule has 39 heteroatoms. The number of unbranched alkanes of at least 4 members (excludes halogenated alkanes) is 1. The van der Waals surface area contributed by atoms with Crippen LogP contribution in [0, 0.1) is 5.92 Å². The molecule has 23 N–H and O–H groups in total. The number of carbonyl (C=O) groups is 14. The van der Waals surface area contributed by atoms with Gasteiger partial charge in [-0.05, 0) is 133 Å². The van der Waals surface area contributed by atoms with E-state index in [1.807, 2.05) is 6.26 Å². The van der Waals surface area contributed by atoms with Gasteiger partial charge in [-0.3, -0.25) is 72.3 Å². The number of aliphatic imine (C=N–C) groups is 2. The maximum absolute atomic E-state index is 14.5. The molecule has 2 aromatic rings. The number of nitrogens with one attached hydrogen (secondary N) is 11. The highest BCUT2D eigenvalue weighted by molar-refractivity contribution is 7.98. The zero-order valence-corrected chi connectivity index (χ0v) is 62.3. The second kappa shape index (κ2) is 44.2. The molecule has 5 heterocycles. The number of aromatic nitrogens is 2. The van der Waals surface area contributed by atoms with E-state index in [1.165, 1.54) is 39.0 Å². The monoisotopic (exact) mass is 1530 g/mol. The van der Waals surface area contributed by atoms with Crippen LogP contribution in [0.1, 0.15) is 134 Å². The average molecular weight is 1530 g/mol. The third-order valence-electron chi connectivity index (χ3n) is 18.9. The fraction of sp³-hybridized carbons (Fsp3) is 0.638. The van der Waals surface area contributed by atoms with Gasteiger partial charge in [0.05, 0.1) is 19.5 Å². The first-order valence-corrected chi connectivity index (χ1v) is 38.1. The van der Waals surface area contributed by atoms with Crippen molar-refractivity contribution < 1.29 is 77.3 Å². The van der Waals surface area contributed by atoms with Gasteiger partial charge in [0.25, 0.3) is 0 Å². The molecule has 1 aromatic carbocycles. The number of aromatic amines is 1. The number of benzene rings is 1. The number of hydrogen-bond acceptors (Lipinski definition) is 20. The summed E-state index contributed by atoms with van der Waals surface area (Å²) < 4.78 is 0. The highest BCUT2D eigenvalue weighted by Gasteiger charge is 2.44. The summed E-state index contributed by atoms with van der Waals surface area (Å²) in [7, 11) is 0. The van der Waals surface area contributed by atoms with E-state index >= 15 is 0 Å². The number of carboxylic acid groups (broad SMARTS) is 1. The van der Waals surface area contributed by atoms with Crippen LogP contribution in [0.3, 0.4) is 0 Å². The first-order valence-electron chi connectivity index (χ1n) is 36.7. The molecule has 12 atom stereocenters. The van der Waals surface area contributed by atoms with E-state index < -0.39 is 163 Å². The number of nitrogens with two attached hydrogens (primary N) is 5. The molecule has 1 aromatic heterocycles. The minimum Gasteiger partial charge on any atom is -0.480 e. The summed E-state index contributed by atoms with van der Waals surface area (Å²) >= 11 is 1.42. The Morgan fingerprint density at radius 3 is 1.61 bits per heavy atom. The van der Waals surface area contributed by atoms with Crippen LogP contribution in [0.15, 0.2) is 52.8 Å². The molecule has 6 rings (SSSR count). The molecule has 108 heavy (non-hydrogen) atoms. The van der Waals surface area contributed by atoms with Crippen molar-refractivity contribution in [2.75, 3.05) is 64.4 Å². The third-order valence-corrected chi connectivity index (χ3v) is 19.5. The van der Waals surface area contributed by atoms with Crippen molar-refractivity contribution in [2.45, 2.75) is 208 Å². The molecule has 596 valence electrons. The fourth-order valence-corrected chi connectivity index (χ4v) is 13.7. The number of guanidine groups is 2. The first kappa shape index (κ1) is 86.7. The number of nitrogens with zero attached hydrogens (tertiary/aromatic N) is 6. The molecule has 4 saturated heterocycles. The minimum absolute atomic E-state index is 0.00585. The van der Waals surface area contributed by atoms with Crippen molar-refractivity contribution in [3.8, 4) is 0 Å². The minimum atomic E-state index is -1.77. The van der Waals surface area contributed by atoms with Crippen molar-refractivity contribution in [1.29, 1.82) is 0 Å². The van der Waals surface area contributed by atoms with Crippen LogP contribution in [-0.2, 0) is 80.0 Å². The lowest BCUT2D eigenvalue weighted by Gasteiger charge is -2.31. The second-order valence-electron chi connectivity index (χ2n) is 27.6. The Balaban J connectivity index is 1.10. The SMILES string of the molecule is CSCC[C@H](NC(=O)[C@@H]1CCCN1C(=O)CNC(=O)[C@H](CCCCN)NC(=O)[C@H](Cc1cnc[nH]1)NC(=O)[C@H](CO)NC(=O)[C@H](CC(C)C)NC(=O)[C@H](CCCN=C(N)N)NC(=O)[C@@H]1CCCN1C(=O)[C@H](CCCN=C(N)N)NC(=O)C1CCC(=O)N1)C(=O)N1CCCC1C(=O)N[C@@H](Cc1ccccc1)C(=O)O. The predicted molar refractivity (Wildman–Crippen MR) is 396 cm³/mol. The fourth-order valence-electron chi connectivity index (χ4n) is 13.3. The molecule has 0 bridgehead atoms. The van der Waals surface area contributed by atoms with E-state index in [9.17, 15) is 77.3 Å². The highest BCUT2D eigenvalue weighted by atomic mass is 32.2. The van der Waals surface area contributed by atoms with E-state index in [4.69, 9.17) is 28.7 Å². The average Bonchev–Trinajstić information content (AvgIpc) is 1.65. The summed E-state index contributed by atoms with van der Waals surface area (Å²) in [6.45, 7) is 2.58. The summed E-state index contributed by atoms with van der Waals surface area (Å²) in [6, 6.07) is -6.32. The van der Waals surface area contributed by atoms with Crippen LogP contribution >= 0.6 is 11.8 Å². The molecule has 2 unspecified atom stereocenters. The smallest absolute Gasteiger partial charge is 0.326 e. The van der Waals surface area contributed by atoms with Gasteiger partial charge in [0.2, 0.25) is 76.8 Å². The van der Waals surface area contributed by atoms with Gasteiger partial charge in [-0.2, -0.15) is 11.8 Å². The van der Waals surface area contributed by atoms with Gasteiger partial charge in [0.15, 0.2) is 11.9 Å². The number of hydrogen-bond donors (Lipinski definition) is 18. The number of H-pyrrole nitrogens is 1. The molecule has 4 aliphatic heterocycles. The van der Waals surface area contributed by atoms with Crippen molar-refractivity contribution in [2.24, 2.45) is 44.6 Å². The zero-order chi connectivity index (χ0) is 79.0. The van der Waals surface area contributed by atoms with Crippen molar-refractivity contribution in [3.63, 3.8) is 0 Å². The molecular weight excluding hydrogens is 1420 g/mol. The zero-order valence-electron chi connectivity index (χ0n) is 61.4. The molecule has 4 fully saturated rings. The van der Waals surface area contributed by atoms with Crippen LogP contribution in [0.4, 0.5) is 0 Å². The van der Waals surface area contributed by atoms with Gasteiger partial charge in [0, 0.05) is 63.9 Å². The van der Waals surface area contributed by atoms with Crippen LogP contribution in [-0.4, -0.2) is 266 Å². The van der Waals surface area contributed by atoms with Crippen LogP contribution < -0.4 is 81.8 Å². The van der Waals surface area contributed by atoms with Gasteiger partial charge in [-0.15, -0.1) is 0 Å². The van der Waals surface area contributed by atoms with E-state index in [1.54, 1.807) is 44.2 Å². The summed E-state index contributed by atoms with van der Waals surface area (Å²) in [6.07, 6.45) is 7.59. The molecule has 13 amide bonds. The Labute approximate surface area is 630 Å².